The number of nitrogens with zero attached hydrogens (tertiary/aromatic N) is 4. The zero-order valence-corrected chi connectivity index (χ0v) is 19.1. The van der Waals surface area contributed by atoms with Crippen LogP contribution in [-0.2, 0) is 26.4 Å². The van der Waals surface area contributed by atoms with Crippen LogP contribution in [0.15, 0.2) is 40.7 Å². The number of aromatic nitrogens is 3. The standard InChI is InChI=1S/C21H27ClN6OS/c1-15-26-27-20(28(15)2)14-25-21(24-11-9-18-5-4-12-30-18)23-10-8-16-6-7-17(29-3)13-19(16)22/h4-7,12-13H,8-11,14H2,1-3H3,(H2,23,24,25). The third-order valence-electron chi connectivity index (χ3n) is 4.75. The number of aryl methyl sites for hydroxylation is 1. The first-order chi connectivity index (χ1) is 14.6. The molecule has 0 bridgehead atoms. The van der Waals surface area contributed by atoms with E-state index in [9.17, 15) is 0 Å². The van der Waals surface area contributed by atoms with Crippen molar-refractivity contribution in [1.82, 2.24) is 25.4 Å². The van der Waals surface area contributed by atoms with Gasteiger partial charge in [0.25, 0.3) is 0 Å². The first-order valence-corrected chi connectivity index (χ1v) is 11.0. The van der Waals surface area contributed by atoms with E-state index >= 15 is 0 Å². The summed E-state index contributed by atoms with van der Waals surface area (Å²) in [4.78, 5) is 6.03. The smallest absolute Gasteiger partial charge is 0.191 e. The van der Waals surface area contributed by atoms with Gasteiger partial charge in [-0.25, -0.2) is 4.99 Å². The van der Waals surface area contributed by atoms with Gasteiger partial charge in [-0.1, -0.05) is 23.7 Å². The van der Waals surface area contributed by atoms with E-state index in [1.54, 1.807) is 18.4 Å². The molecule has 0 unspecified atom stereocenters. The Morgan fingerprint density at radius 3 is 2.63 bits per heavy atom. The second kappa shape index (κ2) is 11.0. The number of hydrogen-bond donors (Lipinski definition) is 2. The minimum atomic E-state index is 0.453. The highest BCUT2D eigenvalue weighted by Crippen LogP contribution is 2.22. The molecule has 3 rings (SSSR count). The molecule has 2 heterocycles. The summed E-state index contributed by atoms with van der Waals surface area (Å²) in [6, 6.07) is 9.96. The highest BCUT2D eigenvalue weighted by Gasteiger charge is 2.07. The summed E-state index contributed by atoms with van der Waals surface area (Å²) in [5.41, 5.74) is 1.06. The number of thiophene rings is 1. The Morgan fingerprint density at radius 2 is 2.00 bits per heavy atom. The van der Waals surface area contributed by atoms with Crippen LogP contribution in [0.25, 0.3) is 0 Å². The van der Waals surface area contributed by atoms with Crippen molar-refractivity contribution in [1.29, 1.82) is 0 Å². The number of hydrogen-bond acceptors (Lipinski definition) is 5. The zero-order chi connectivity index (χ0) is 21.3. The van der Waals surface area contributed by atoms with E-state index in [4.69, 9.17) is 16.3 Å². The van der Waals surface area contributed by atoms with Crippen LogP contribution in [0.3, 0.4) is 0 Å². The fraction of sp³-hybridized carbons (Fsp3) is 0.381. The number of methoxy groups -OCH3 is 1. The lowest BCUT2D eigenvalue weighted by Gasteiger charge is -2.13. The third-order valence-corrected chi connectivity index (χ3v) is 6.04. The van der Waals surface area contributed by atoms with Crippen LogP contribution < -0.4 is 15.4 Å². The molecule has 1 aromatic carbocycles. The molecule has 0 aliphatic rings. The van der Waals surface area contributed by atoms with E-state index in [1.165, 1.54) is 4.88 Å². The maximum atomic E-state index is 6.35. The topological polar surface area (TPSA) is 76.4 Å². The summed E-state index contributed by atoms with van der Waals surface area (Å²) in [7, 11) is 3.58. The molecular formula is C21H27ClN6OS. The molecule has 2 N–H and O–H groups in total. The molecule has 3 aromatic rings. The van der Waals surface area contributed by atoms with Gasteiger partial charge >= 0.3 is 0 Å². The van der Waals surface area contributed by atoms with Crippen molar-refractivity contribution in [3.8, 4) is 5.75 Å². The molecule has 30 heavy (non-hydrogen) atoms. The van der Waals surface area contributed by atoms with Crippen molar-refractivity contribution in [2.75, 3.05) is 20.2 Å². The lowest BCUT2D eigenvalue weighted by Crippen LogP contribution is -2.39. The van der Waals surface area contributed by atoms with Crippen molar-refractivity contribution in [3.05, 3.63) is 62.8 Å². The number of ether oxygens (including phenoxy) is 1. The number of benzene rings is 1. The third kappa shape index (κ3) is 6.21. The minimum absolute atomic E-state index is 0.453. The molecule has 160 valence electrons. The number of guanidine groups is 1. The second-order valence-corrected chi connectivity index (χ2v) is 8.22. The predicted octanol–water partition coefficient (Wildman–Crippen LogP) is 3.37. The van der Waals surface area contributed by atoms with Gasteiger partial charge in [0.05, 0.1) is 7.11 Å². The predicted molar refractivity (Wildman–Crippen MR) is 123 cm³/mol. The Hall–Kier alpha value is -2.58. The second-order valence-electron chi connectivity index (χ2n) is 6.78. The molecule has 0 saturated carbocycles. The van der Waals surface area contributed by atoms with Crippen LogP contribution >= 0.6 is 22.9 Å². The summed E-state index contributed by atoms with van der Waals surface area (Å²) < 4.78 is 7.16. The maximum Gasteiger partial charge on any atom is 0.191 e. The van der Waals surface area contributed by atoms with Crippen LogP contribution in [-0.4, -0.2) is 40.9 Å². The highest BCUT2D eigenvalue weighted by atomic mass is 35.5. The molecule has 0 radical (unpaired) electrons. The summed E-state index contributed by atoms with van der Waals surface area (Å²) in [6.07, 6.45) is 1.73. The van der Waals surface area contributed by atoms with Gasteiger partial charge < -0.3 is 19.9 Å². The molecule has 0 spiro atoms. The van der Waals surface area contributed by atoms with Crippen molar-refractivity contribution in [3.63, 3.8) is 0 Å². The van der Waals surface area contributed by atoms with E-state index in [0.717, 1.165) is 48.3 Å². The van der Waals surface area contributed by atoms with Gasteiger partial charge in [-0.2, -0.15) is 0 Å². The van der Waals surface area contributed by atoms with E-state index < -0.39 is 0 Å². The molecule has 7 nitrogen and oxygen atoms in total. The molecule has 0 aliphatic heterocycles. The Bertz CT molecular complexity index is 970. The summed E-state index contributed by atoms with van der Waals surface area (Å²) in [6.45, 7) is 3.88. The quantitative estimate of drug-likeness (QED) is 0.389. The average Bonchev–Trinajstić information content (AvgIpc) is 3.37. The molecule has 0 saturated heterocycles. The normalized spacial score (nSPS) is 11.5. The lowest BCUT2D eigenvalue weighted by atomic mass is 10.1. The van der Waals surface area contributed by atoms with Gasteiger partial charge in [-0.15, -0.1) is 21.5 Å². The van der Waals surface area contributed by atoms with Crippen LogP contribution in [0.4, 0.5) is 0 Å². The van der Waals surface area contributed by atoms with Crippen molar-refractivity contribution >= 4 is 28.9 Å². The molecule has 0 amide bonds. The van der Waals surface area contributed by atoms with E-state index in [1.807, 2.05) is 36.7 Å². The Kier molecular flexibility index (Phi) is 8.10. The number of halogens is 1. The lowest BCUT2D eigenvalue weighted by molar-refractivity contribution is 0.414. The van der Waals surface area contributed by atoms with Crippen LogP contribution in [0.2, 0.25) is 5.02 Å². The molecule has 9 heteroatoms. The van der Waals surface area contributed by atoms with Crippen LogP contribution in [0.5, 0.6) is 5.75 Å². The monoisotopic (exact) mass is 446 g/mol. The zero-order valence-electron chi connectivity index (χ0n) is 17.5. The summed E-state index contributed by atoms with van der Waals surface area (Å²) in [5, 5.41) is 17.9. The first kappa shape index (κ1) is 22.1. The maximum absolute atomic E-state index is 6.35. The number of nitrogens with one attached hydrogen (secondary N) is 2. The Balaban J connectivity index is 1.59. The first-order valence-electron chi connectivity index (χ1n) is 9.78. The molecule has 0 fully saturated rings. The van der Waals surface area contributed by atoms with Gasteiger partial charge in [0.2, 0.25) is 0 Å². The Labute approximate surface area is 186 Å². The largest absolute Gasteiger partial charge is 0.497 e. The van der Waals surface area contributed by atoms with Gasteiger partial charge in [-0.3, -0.25) is 0 Å². The number of rotatable bonds is 9. The van der Waals surface area contributed by atoms with Crippen LogP contribution in [0.1, 0.15) is 22.1 Å². The average molecular weight is 447 g/mol. The van der Waals surface area contributed by atoms with Crippen molar-refractivity contribution in [2.45, 2.75) is 26.3 Å². The fourth-order valence-corrected chi connectivity index (χ4v) is 3.82. The minimum Gasteiger partial charge on any atom is -0.497 e. The van der Waals surface area contributed by atoms with Gasteiger partial charge in [0.1, 0.15) is 18.1 Å². The number of aliphatic imine (C=N–C) groups is 1. The highest BCUT2D eigenvalue weighted by molar-refractivity contribution is 7.09. The SMILES string of the molecule is COc1ccc(CCNC(=NCc2nnc(C)n2C)NCCc2cccs2)c(Cl)c1. The van der Waals surface area contributed by atoms with E-state index in [2.05, 4.69) is 43.3 Å². The molecule has 0 aliphatic carbocycles. The van der Waals surface area contributed by atoms with Gasteiger partial charge in [0.15, 0.2) is 11.8 Å². The van der Waals surface area contributed by atoms with Crippen LogP contribution in [0, 0.1) is 6.92 Å². The summed E-state index contributed by atoms with van der Waals surface area (Å²) >= 11 is 8.12. The molecular weight excluding hydrogens is 420 g/mol. The fourth-order valence-electron chi connectivity index (χ4n) is 2.85. The van der Waals surface area contributed by atoms with Gasteiger partial charge in [-0.05, 0) is 48.9 Å². The van der Waals surface area contributed by atoms with Gasteiger partial charge in [0, 0.05) is 30.0 Å². The van der Waals surface area contributed by atoms with E-state index in [0.29, 0.717) is 18.1 Å². The van der Waals surface area contributed by atoms with Crippen molar-refractivity contribution < 1.29 is 4.74 Å². The Morgan fingerprint density at radius 1 is 1.20 bits per heavy atom. The van der Waals surface area contributed by atoms with Crippen molar-refractivity contribution in [2.24, 2.45) is 12.0 Å². The molecule has 2 aromatic heterocycles. The van der Waals surface area contributed by atoms with E-state index in [-0.39, 0.29) is 0 Å². The molecule has 0 atom stereocenters. The summed E-state index contributed by atoms with van der Waals surface area (Å²) in [5.74, 6) is 3.20.